The minimum atomic E-state index is -0.287. The van der Waals surface area contributed by atoms with E-state index in [2.05, 4.69) is 39.2 Å². The molecule has 3 aromatic rings. The normalized spacial score (nSPS) is 14.4. The molecule has 1 aliphatic heterocycles. The number of hydrogen-bond donors (Lipinski definition) is 2. The first kappa shape index (κ1) is 22.3. The third kappa shape index (κ3) is 4.93. The van der Waals surface area contributed by atoms with Crippen LogP contribution in [-0.4, -0.2) is 28.9 Å². The molecule has 1 fully saturated rings. The van der Waals surface area contributed by atoms with Gasteiger partial charge in [0.25, 0.3) is 5.91 Å². The SMILES string of the molecule is Cc1c(N)cccc1C1CCN(C(=O)c2cncc(NCc3ccc(Br)cc3F)c2)CC1. The highest BCUT2D eigenvalue weighted by atomic mass is 79.9. The van der Waals surface area contributed by atoms with Crippen molar-refractivity contribution in [2.24, 2.45) is 0 Å². The molecule has 0 saturated carbocycles. The Hall–Kier alpha value is -2.93. The number of halogens is 2. The van der Waals surface area contributed by atoms with E-state index in [1.165, 1.54) is 11.6 Å². The van der Waals surface area contributed by atoms with Gasteiger partial charge in [-0.2, -0.15) is 0 Å². The van der Waals surface area contributed by atoms with Gasteiger partial charge in [-0.1, -0.05) is 34.1 Å². The summed E-state index contributed by atoms with van der Waals surface area (Å²) in [5, 5.41) is 3.16. The molecule has 1 aliphatic rings. The lowest BCUT2D eigenvalue weighted by Crippen LogP contribution is -2.38. The first-order valence-electron chi connectivity index (χ1n) is 10.7. The van der Waals surface area contributed by atoms with Crippen LogP contribution < -0.4 is 11.1 Å². The molecule has 2 heterocycles. The Kier molecular flexibility index (Phi) is 6.74. The van der Waals surface area contributed by atoms with E-state index in [1.807, 2.05) is 17.0 Å². The van der Waals surface area contributed by atoms with Crippen molar-refractivity contribution >= 4 is 33.2 Å². The summed E-state index contributed by atoms with van der Waals surface area (Å²) < 4.78 is 14.7. The van der Waals surface area contributed by atoms with Gasteiger partial charge >= 0.3 is 0 Å². The molecule has 2 aromatic carbocycles. The fraction of sp³-hybridized carbons (Fsp3) is 0.280. The summed E-state index contributed by atoms with van der Waals surface area (Å²) in [6.45, 7) is 3.76. The predicted octanol–water partition coefficient (Wildman–Crippen LogP) is 5.51. The zero-order valence-corrected chi connectivity index (χ0v) is 19.5. The monoisotopic (exact) mass is 496 g/mol. The third-order valence-corrected chi connectivity index (χ3v) is 6.62. The van der Waals surface area contributed by atoms with Gasteiger partial charge in [0, 0.05) is 47.8 Å². The van der Waals surface area contributed by atoms with Gasteiger partial charge in [0.1, 0.15) is 5.82 Å². The smallest absolute Gasteiger partial charge is 0.255 e. The van der Waals surface area contributed by atoms with Crippen molar-refractivity contribution in [3.8, 4) is 0 Å². The number of carbonyl (C=O) groups excluding carboxylic acids is 1. The van der Waals surface area contributed by atoms with Crippen LogP contribution in [0.25, 0.3) is 0 Å². The Morgan fingerprint density at radius 1 is 1.22 bits per heavy atom. The standard InChI is InChI=1S/C25H26BrFN4O/c1-16-22(3-2-4-24(16)28)17-7-9-31(10-8-17)25(32)19-11-21(15-29-13-19)30-14-18-5-6-20(26)12-23(18)27/h2-6,11-13,15,17,30H,7-10,14,28H2,1H3. The highest BCUT2D eigenvalue weighted by Gasteiger charge is 2.26. The van der Waals surface area contributed by atoms with E-state index in [4.69, 9.17) is 5.73 Å². The molecular formula is C25H26BrFN4O. The van der Waals surface area contributed by atoms with Crippen LogP contribution in [0.15, 0.2) is 59.3 Å². The molecule has 0 aliphatic carbocycles. The number of amides is 1. The molecule has 0 atom stereocenters. The molecule has 32 heavy (non-hydrogen) atoms. The number of piperidine rings is 1. The molecule has 0 bridgehead atoms. The summed E-state index contributed by atoms with van der Waals surface area (Å²) >= 11 is 3.26. The first-order valence-corrected chi connectivity index (χ1v) is 11.5. The van der Waals surface area contributed by atoms with Gasteiger partial charge in [0.15, 0.2) is 0 Å². The van der Waals surface area contributed by atoms with Crippen molar-refractivity contribution in [3.05, 3.63) is 87.4 Å². The highest BCUT2D eigenvalue weighted by molar-refractivity contribution is 9.10. The van der Waals surface area contributed by atoms with Crippen LogP contribution >= 0.6 is 15.9 Å². The van der Waals surface area contributed by atoms with Gasteiger partial charge in [-0.3, -0.25) is 9.78 Å². The van der Waals surface area contributed by atoms with Crippen LogP contribution in [-0.2, 0) is 6.54 Å². The maximum atomic E-state index is 14.1. The fourth-order valence-electron chi connectivity index (χ4n) is 4.21. The van der Waals surface area contributed by atoms with Crippen LogP contribution in [0.4, 0.5) is 15.8 Å². The van der Waals surface area contributed by atoms with Crippen LogP contribution in [0.1, 0.15) is 45.8 Å². The second-order valence-corrected chi connectivity index (χ2v) is 9.10. The largest absolute Gasteiger partial charge is 0.399 e. The first-order chi connectivity index (χ1) is 15.4. The highest BCUT2D eigenvalue weighted by Crippen LogP contribution is 2.32. The third-order valence-electron chi connectivity index (χ3n) is 6.12. The Bertz CT molecular complexity index is 1130. The number of benzene rings is 2. The lowest BCUT2D eigenvalue weighted by Gasteiger charge is -2.33. The summed E-state index contributed by atoms with van der Waals surface area (Å²) in [5.74, 6) is 0.0959. The van der Waals surface area contributed by atoms with E-state index in [9.17, 15) is 9.18 Å². The quantitative estimate of drug-likeness (QED) is 0.457. The van der Waals surface area contributed by atoms with Gasteiger partial charge in [-0.15, -0.1) is 0 Å². The summed E-state index contributed by atoms with van der Waals surface area (Å²) in [6, 6.07) is 12.8. The van der Waals surface area contributed by atoms with Crippen molar-refractivity contribution in [3.63, 3.8) is 0 Å². The number of nitrogens with zero attached hydrogens (tertiary/aromatic N) is 2. The van der Waals surface area contributed by atoms with Crippen LogP contribution in [0.5, 0.6) is 0 Å². The van der Waals surface area contributed by atoms with E-state index in [1.54, 1.807) is 30.6 Å². The number of rotatable bonds is 5. The molecule has 166 valence electrons. The molecule has 5 nitrogen and oxygen atoms in total. The molecular weight excluding hydrogens is 471 g/mol. The average Bonchev–Trinajstić information content (AvgIpc) is 2.80. The fourth-order valence-corrected chi connectivity index (χ4v) is 4.54. The molecule has 0 unspecified atom stereocenters. The number of nitrogens with two attached hydrogens (primary N) is 1. The zero-order valence-electron chi connectivity index (χ0n) is 17.9. The number of nitrogens with one attached hydrogen (secondary N) is 1. The van der Waals surface area contributed by atoms with E-state index in [0.29, 0.717) is 46.8 Å². The lowest BCUT2D eigenvalue weighted by atomic mass is 9.86. The van der Waals surface area contributed by atoms with Crippen LogP contribution in [0.3, 0.4) is 0 Å². The van der Waals surface area contributed by atoms with E-state index < -0.39 is 0 Å². The summed E-state index contributed by atoms with van der Waals surface area (Å²) in [5.41, 5.74) is 11.1. The molecule has 4 rings (SSSR count). The molecule has 0 spiro atoms. The second-order valence-electron chi connectivity index (χ2n) is 8.18. The summed E-state index contributed by atoms with van der Waals surface area (Å²) in [4.78, 5) is 19.1. The number of nitrogen functional groups attached to an aromatic ring is 1. The van der Waals surface area contributed by atoms with Crippen molar-refractivity contribution in [1.29, 1.82) is 0 Å². The average molecular weight is 497 g/mol. The Labute approximate surface area is 196 Å². The second kappa shape index (κ2) is 9.69. The number of pyridine rings is 1. The lowest BCUT2D eigenvalue weighted by molar-refractivity contribution is 0.0712. The van der Waals surface area contributed by atoms with E-state index in [-0.39, 0.29) is 11.7 Å². The van der Waals surface area contributed by atoms with Gasteiger partial charge in [-0.25, -0.2) is 4.39 Å². The van der Waals surface area contributed by atoms with Crippen molar-refractivity contribution in [1.82, 2.24) is 9.88 Å². The van der Waals surface area contributed by atoms with Crippen LogP contribution in [0.2, 0.25) is 0 Å². The summed E-state index contributed by atoms with van der Waals surface area (Å²) in [7, 11) is 0. The molecule has 0 radical (unpaired) electrons. The van der Waals surface area contributed by atoms with Crippen molar-refractivity contribution < 1.29 is 9.18 Å². The number of aromatic nitrogens is 1. The minimum Gasteiger partial charge on any atom is -0.399 e. The number of hydrogen-bond acceptors (Lipinski definition) is 4. The predicted molar refractivity (Wildman–Crippen MR) is 129 cm³/mol. The number of carbonyl (C=O) groups is 1. The van der Waals surface area contributed by atoms with Crippen LogP contribution in [0, 0.1) is 12.7 Å². The van der Waals surface area contributed by atoms with E-state index >= 15 is 0 Å². The van der Waals surface area contributed by atoms with E-state index in [0.717, 1.165) is 24.1 Å². The molecule has 7 heteroatoms. The Morgan fingerprint density at radius 3 is 2.75 bits per heavy atom. The Morgan fingerprint density at radius 2 is 2.00 bits per heavy atom. The van der Waals surface area contributed by atoms with Gasteiger partial charge in [0.2, 0.25) is 0 Å². The number of anilines is 2. The van der Waals surface area contributed by atoms with Crippen molar-refractivity contribution in [2.45, 2.75) is 32.2 Å². The summed E-state index contributed by atoms with van der Waals surface area (Å²) in [6.07, 6.45) is 5.04. The molecule has 1 aromatic heterocycles. The maximum Gasteiger partial charge on any atom is 0.255 e. The molecule has 1 amide bonds. The molecule has 3 N–H and O–H groups in total. The minimum absolute atomic E-state index is 0.0290. The Balaban J connectivity index is 1.38. The van der Waals surface area contributed by atoms with Gasteiger partial charge in [0.05, 0.1) is 11.3 Å². The van der Waals surface area contributed by atoms with Gasteiger partial charge in [-0.05, 0) is 61.1 Å². The maximum absolute atomic E-state index is 14.1. The number of likely N-dealkylation sites (tertiary alicyclic amines) is 1. The van der Waals surface area contributed by atoms with Gasteiger partial charge < -0.3 is 16.0 Å². The zero-order chi connectivity index (χ0) is 22.7. The van der Waals surface area contributed by atoms with Crippen molar-refractivity contribution in [2.75, 3.05) is 24.1 Å². The topological polar surface area (TPSA) is 71.2 Å². The molecule has 1 saturated heterocycles.